The molecule has 2 amide bonds. The van der Waals surface area contributed by atoms with Crippen LogP contribution in [0.3, 0.4) is 0 Å². The lowest BCUT2D eigenvalue weighted by Gasteiger charge is -2.29. The van der Waals surface area contributed by atoms with Gasteiger partial charge in [0, 0.05) is 43.3 Å². The number of rotatable bonds is 7. The molecule has 35 heavy (non-hydrogen) atoms. The number of nitrogens with zero attached hydrogens (tertiary/aromatic N) is 2. The highest BCUT2D eigenvalue weighted by Crippen LogP contribution is 2.30. The molecule has 4 rings (SSSR count). The summed E-state index contributed by atoms with van der Waals surface area (Å²) in [7, 11) is -3.82. The fraction of sp³-hybridized carbons (Fsp3) is 0.583. The molecule has 2 atom stereocenters. The molecule has 0 spiro atoms. The molecule has 3 heterocycles. The Morgan fingerprint density at radius 1 is 1.37 bits per heavy atom. The van der Waals surface area contributed by atoms with Crippen molar-refractivity contribution < 1.29 is 27.6 Å². The summed E-state index contributed by atoms with van der Waals surface area (Å²) in [6.45, 7) is 2.22. The van der Waals surface area contributed by atoms with Gasteiger partial charge in [-0.05, 0) is 56.9 Å². The Morgan fingerprint density at radius 3 is 2.77 bits per heavy atom. The Morgan fingerprint density at radius 2 is 2.14 bits per heavy atom. The summed E-state index contributed by atoms with van der Waals surface area (Å²) in [6.07, 6.45) is 6.13. The molecular weight excluding hydrogens is 472 g/mol. The van der Waals surface area contributed by atoms with Crippen molar-refractivity contribution >= 4 is 21.8 Å². The highest BCUT2D eigenvalue weighted by Gasteiger charge is 2.45. The van der Waals surface area contributed by atoms with E-state index >= 15 is 0 Å². The Kier molecular flexibility index (Phi) is 6.98. The second-order valence-electron chi connectivity index (χ2n) is 9.55. The smallest absolute Gasteiger partial charge is 0.328 e. The van der Waals surface area contributed by atoms with Crippen molar-refractivity contribution in [2.24, 2.45) is 5.73 Å². The molecule has 2 unspecified atom stereocenters. The number of carbonyl (C=O) groups is 2. The molecule has 1 aliphatic carbocycles. The monoisotopic (exact) mass is 502 g/mol. The van der Waals surface area contributed by atoms with E-state index in [1.54, 1.807) is 12.3 Å². The fourth-order valence-electron chi connectivity index (χ4n) is 3.83. The summed E-state index contributed by atoms with van der Waals surface area (Å²) in [4.78, 5) is 32.5. The van der Waals surface area contributed by atoms with Crippen LogP contribution in [0.25, 0.3) is 0 Å². The van der Waals surface area contributed by atoms with Gasteiger partial charge in [-0.1, -0.05) is 11.8 Å². The third-order valence-electron chi connectivity index (χ3n) is 6.68. The van der Waals surface area contributed by atoms with E-state index in [0.29, 0.717) is 18.6 Å². The van der Waals surface area contributed by atoms with Crippen LogP contribution in [0.2, 0.25) is 0 Å². The van der Waals surface area contributed by atoms with Gasteiger partial charge in [-0.15, -0.1) is 0 Å². The van der Waals surface area contributed by atoms with Crippen LogP contribution in [0.1, 0.15) is 56.7 Å². The first-order chi connectivity index (χ1) is 16.5. The number of hydrogen-bond donors (Lipinski definition) is 2. The second-order valence-corrected chi connectivity index (χ2v) is 12.0. The molecule has 0 bridgehead atoms. The minimum absolute atomic E-state index is 0.0719. The highest BCUT2D eigenvalue weighted by atomic mass is 32.2. The van der Waals surface area contributed by atoms with Crippen LogP contribution in [0.5, 0.6) is 0 Å². The molecule has 0 radical (unpaired) electrons. The lowest BCUT2D eigenvalue weighted by Crippen LogP contribution is -2.52. The summed E-state index contributed by atoms with van der Waals surface area (Å²) in [5, 5.41) is 0. The van der Waals surface area contributed by atoms with E-state index in [9.17, 15) is 18.0 Å². The quantitative estimate of drug-likeness (QED) is 0.418. The summed E-state index contributed by atoms with van der Waals surface area (Å²) < 4.78 is 30.2. The number of amides is 2. The molecule has 10 nitrogen and oxygen atoms in total. The molecule has 188 valence electrons. The van der Waals surface area contributed by atoms with Crippen molar-refractivity contribution in [1.82, 2.24) is 14.9 Å². The number of carbonyl (C=O) groups excluding carboxylic acids is 2. The lowest BCUT2D eigenvalue weighted by atomic mass is 10.1. The number of sulfone groups is 1. The Hall–Kier alpha value is -2.83. The molecule has 1 saturated heterocycles. The van der Waals surface area contributed by atoms with Crippen LogP contribution in [0, 0.1) is 23.7 Å². The number of aromatic nitrogens is 1. The maximum atomic E-state index is 12.9. The average Bonchev–Trinajstić information content (AvgIpc) is 3.30. The largest absolute Gasteiger partial charge is 0.350 e. The molecule has 1 aromatic heterocycles. The molecule has 0 aromatic carbocycles. The van der Waals surface area contributed by atoms with Crippen molar-refractivity contribution in [1.29, 1.82) is 0 Å². The second kappa shape index (κ2) is 9.67. The van der Waals surface area contributed by atoms with E-state index in [1.165, 1.54) is 16.4 Å². The van der Waals surface area contributed by atoms with E-state index < -0.39 is 26.8 Å². The van der Waals surface area contributed by atoms with Gasteiger partial charge in [-0.3, -0.25) is 9.36 Å². The van der Waals surface area contributed by atoms with Gasteiger partial charge in [-0.2, -0.15) is 0 Å². The SMILES string of the molecule is CC(CCN1Cc2cc(C#CC#CC3(N)CC3)cn2C1=O)(C(=O)NOC1CCCCO1)S(C)(=O)=O. The highest BCUT2D eigenvalue weighted by molar-refractivity contribution is 7.92. The minimum atomic E-state index is -3.82. The van der Waals surface area contributed by atoms with Crippen LogP contribution in [-0.4, -0.2) is 65.8 Å². The average molecular weight is 503 g/mol. The summed E-state index contributed by atoms with van der Waals surface area (Å²) >= 11 is 0. The molecule has 3 N–H and O–H groups in total. The van der Waals surface area contributed by atoms with Crippen LogP contribution >= 0.6 is 0 Å². The number of fused-ring (bicyclic) bond motifs is 1. The Labute approximate surface area is 205 Å². The predicted octanol–water partition coefficient (Wildman–Crippen LogP) is 0.886. The van der Waals surface area contributed by atoms with Crippen molar-refractivity contribution in [3.8, 4) is 23.7 Å². The van der Waals surface area contributed by atoms with Gasteiger partial charge in [0.1, 0.15) is 0 Å². The van der Waals surface area contributed by atoms with Crippen LogP contribution < -0.4 is 11.2 Å². The van der Waals surface area contributed by atoms with E-state index in [0.717, 1.165) is 37.6 Å². The standard InChI is InChI=1S/C24H30N4O6S/c1-23(35(2,31)32,21(29)26-34-20-8-4-6-14-33-20)12-13-27-17-19-15-18(16-28(19)22(27)30)7-3-5-9-24(25)10-11-24/h15-16,20H,4,6,8,10-14,17,25H2,1-2H3,(H,26,29). The van der Waals surface area contributed by atoms with Crippen molar-refractivity contribution in [2.75, 3.05) is 19.4 Å². The number of hydroxylamine groups is 1. The van der Waals surface area contributed by atoms with Gasteiger partial charge in [-0.25, -0.2) is 23.5 Å². The normalized spacial score (nSPS) is 22.2. The first kappa shape index (κ1) is 25.3. The maximum absolute atomic E-state index is 12.9. The number of ether oxygens (including phenoxy) is 1. The van der Waals surface area contributed by atoms with E-state index in [1.807, 2.05) is 0 Å². The zero-order chi connectivity index (χ0) is 25.3. The molecular formula is C24H30N4O6S. The zero-order valence-corrected chi connectivity index (χ0v) is 20.7. The Bertz CT molecular complexity index is 1240. The van der Waals surface area contributed by atoms with Crippen molar-refractivity contribution in [3.05, 3.63) is 23.5 Å². The Balaban J connectivity index is 1.36. The molecule has 2 aliphatic heterocycles. The predicted molar refractivity (Wildman–Crippen MR) is 127 cm³/mol. The van der Waals surface area contributed by atoms with Crippen molar-refractivity contribution in [2.45, 2.75) is 68.6 Å². The maximum Gasteiger partial charge on any atom is 0.328 e. The first-order valence-electron chi connectivity index (χ1n) is 11.6. The molecule has 1 saturated carbocycles. The summed E-state index contributed by atoms with van der Waals surface area (Å²) in [5.74, 6) is 10.6. The number of nitrogens with two attached hydrogens (primary N) is 1. The van der Waals surface area contributed by atoms with E-state index in [4.69, 9.17) is 15.3 Å². The number of nitrogens with one attached hydrogen (secondary N) is 1. The van der Waals surface area contributed by atoms with Gasteiger partial charge in [0.25, 0.3) is 5.91 Å². The van der Waals surface area contributed by atoms with Crippen LogP contribution in [-0.2, 0) is 30.8 Å². The van der Waals surface area contributed by atoms with Gasteiger partial charge in [0.05, 0.1) is 12.1 Å². The van der Waals surface area contributed by atoms with Crippen LogP contribution in [0.15, 0.2) is 12.3 Å². The van der Waals surface area contributed by atoms with Gasteiger partial charge in [0.15, 0.2) is 20.9 Å². The molecule has 1 aromatic rings. The lowest BCUT2D eigenvalue weighted by molar-refractivity contribution is -0.201. The third-order valence-corrected chi connectivity index (χ3v) is 8.70. The number of hydrogen-bond acceptors (Lipinski definition) is 7. The molecule has 3 aliphatic rings. The van der Waals surface area contributed by atoms with Crippen LogP contribution in [0.4, 0.5) is 4.79 Å². The topological polar surface area (TPSA) is 133 Å². The first-order valence-corrected chi connectivity index (χ1v) is 13.5. The van der Waals surface area contributed by atoms with Gasteiger partial charge < -0.3 is 15.4 Å². The van der Waals surface area contributed by atoms with Gasteiger partial charge >= 0.3 is 6.03 Å². The van der Waals surface area contributed by atoms with Gasteiger partial charge in [0.2, 0.25) is 0 Å². The van der Waals surface area contributed by atoms with Crippen molar-refractivity contribution in [3.63, 3.8) is 0 Å². The van der Waals surface area contributed by atoms with E-state index in [2.05, 4.69) is 29.2 Å². The minimum Gasteiger partial charge on any atom is -0.350 e. The zero-order valence-electron chi connectivity index (χ0n) is 19.9. The molecule has 11 heteroatoms. The molecule has 2 fully saturated rings. The fourth-order valence-corrected chi connectivity index (χ4v) is 4.67. The third kappa shape index (κ3) is 5.71. The summed E-state index contributed by atoms with van der Waals surface area (Å²) in [6, 6.07) is 1.49. The van der Waals surface area contributed by atoms with E-state index in [-0.39, 0.29) is 31.1 Å². The summed E-state index contributed by atoms with van der Waals surface area (Å²) in [5.41, 5.74) is 9.16.